The summed E-state index contributed by atoms with van der Waals surface area (Å²) >= 11 is 0. The highest BCUT2D eigenvalue weighted by molar-refractivity contribution is 7.47. The Balaban J connectivity index is 4.64. The van der Waals surface area contributed by atoms with Gasteiger partial charge in [-0.25, -0.2) is 9.13 Å². The van der Waals surface area contributed by atoms with Crippen LogP contribution in [0, 0.1) is 0 Å². The van der Waals surface area contributed by atoms with Crippen LogP contribution in [-0.4, -0.2) is 76.1 Å². The van der Waals surface area contributed by atoms with Crippen LogP contribution in [0.3, 0.4) is 0 Å². The molecule has 3 atom stereocenters. The Bertz CT molecular complexity index is 1320. The number of phosphoric ester groups is 2. The molecule has 0 aliphatic rings. The Hall–Kier alpha value is -2.51. The second-order valence-corrected chi connectivity index (χ2v) is 16.6. The summed E-state index contributed by atoms with van der Waals surface area (Å²) in [4.78, 5) is 64.4. The molecule has 16 heteroatoms. The van der Waals surface area contributed by atoms with Crippen molar-refractivity contribution in [1.29, 1.82) is 0 Å². The van der Waals surface area contributed by atoms with Crippen LogP contribution in [0.2, 0.25) is 0 Å². The number of aliphatic hydroxyl groups is 1. The van der Waals surface area contributed by atoms with Crippen molar-refractivity contribution in [2.45, 2.75) is 161 Å². The van der Waals surface area contributed by atoms with Gasteiger partial charge in [0.2, 0.25) is 0 Å². The standard InChI is InChI=1S/C42H72O14P2/c1-3-5-7-8-9-10-11-12-13-14-15-18-21-24-28-32-41(45)52-36-40(37-55-58(50,51)54-35-39(44)34-53-57(47,48)49)56-42(46)33-29-25-22-19-16-17-20-23-27-31-38(43)30-26-6-4-2/h5,7,9-10,12-13,20,23,27,31,39-40,44H,3-4,6,8,11,14-19,21-22,24-26,28-30,32-37H2,1-2H3,(H,50,51)(H2,47,48,49)/b7-5-,10-9-,13-12-,23-20-,31-27+/t39-,40+/m0/s1. The topological polar surface area (TPSA) is 212 Å². The molecule has 0 aromatic heterocycles. The maximum absolute atomic E-state index is 12.6. The molecule has 0 saturated heterocycles. The van der Waals surface area contributed by atoms with Crippen LogP contribution in [0.1, 0.15) is 149 Å². The van der Waals surface area contributed by atoms with E-state index in [2.05, 4.69) is 59.4 Å². The van der Waals surface area contributed by atoms with Crippen molar-refractivity contribution in [3.8, 4) is 0 Å². The number of unbranched alkanes of at least 4 members (excludes halogenated alkanes) is 12. The van der Waals surface area contributed by atoms with E-state index in [0.29, 0.717) is 19.3 Å². The number of aliphatic hydroxyl groups excluding tert-OH is 1. The molecule has 0 aliphatic carbocycles. The van der Waals surface area contributed by atoms with Crippen LogP contribution in [0.25, 0.3) is 0 Å². The summed E-state index contributed by atoms with van der Waals surface area (Å²) in [5, 5.41) is 9.73. The van der Waals surface area contributed by atoms with Crippen LogP contribution in [-0.2, 0) is 46.6 Å². The van der Waals surface area contributed by atoms with Crippen LogP contribution in [0.4, 0.5) is 0 Å². The number of carbonyl (C=O) groups is 3. The minimum absolute atomic E-state index is 0.0737. The molecule has 0 amide bonds. The molecule has 58 heavy (non-hydrogen) atoms. The number of ketones is 1. The number of allylic oxidation sites excluding steroid dienone is 10. The summed E-state index contributed by atoms with van der Waals surface area (Å²) in [6, 6.07) is 0. The van der Waals surface area contributed by atoms with E-state index in [9.17, 15) is 33.5 Å². The Kier molecular flexibility index (Phi) is 35.9. The van der Waals surface area contributed by atoms with Crippen molar-refractivity contribution in [3.05, 3.63) is 60.8 Å². The lowest BCUT2D eigenvalue weighted by Crippen LogP contribution is -2.30. The number of phosphoric acid groups is 2. The van der Waals surface area contributed by atoms with Crippen molar-refractivity contribution in [2.24, 2.45) is 0 Å². The van der Waals surface area contributed by atoms with Gasteiger partial charge in [0.1, 0.15) is 12.7 Å². The molecule has 0 fully saturated rings. The van der Waals surface area contributed by atoms with E-state index in [-0.39, 0.29) is 18.6 Å². The third kappa shape index (κ3) is 40.3. The summed E-state index contributed by atoms with van der Waals surface area (Å²) in [7, 11) is -9.71. The van der Waals surface area contributed by atoms with Gasteiger partial charge in [0, 0.05) is 19.3 Å². The van der Waals surface area contributed by atoms with E-state index >= 15 is 0 Å². The predicted molar refractivity (Wildman–Crippen MR) is 226 cm³/mol. The number of ether oxygens (including phenoxy) is 2. The van der Waals surface area contributed by atoms with E-state index in [1.807, 2.05) is 12.2 Å². The fourth-order valence-corrected chi connectivity index (χ4v) is 6.32. The van der Waals surface area contributed by atoms with Gasteiger partial charge in [-0.2, -0.15) is 0 Å². The molecule has 0 aliphatic heterocycles. The predicted octanol–water partition coefficient (Wildman–Crippen LogP) is 9.63. The van der Waals surface area contributed by atoms with Gasteiger partial charge in [0.25, 0.3) is 0 Å². The molecule has 0 spiro atoms. The van der Waals surface area contributed by atoms with Crippen molar-refractivity contribution < 1.29 is 66.3 Å². The van der Waals surface area contributed by atoms with Gasteiger partial charge >= 0.3 is 27.6 Å². The lowest BCUT2D eigenvalue weighted by atomic mass is 10.1. The number of hydrogen-bond donors (Lipinski definition) is 4. The first-order valence-corrected chi connectivity index (χ1v) is 24.0. The van der Waals surface area contributed by atoms with Gasteiger partial charge in [0.05, 0.1) is 19.8 Å². The molecule has 4 N–H and O–H groups in total. The Labute approximate surface area is 347 Å². The van der Waals surface area contributed by atoms with E-state index in [4.69, 9.17) is 23.8 Å². The highest BCUT2D eigenvalue weighted by atomic mass is 31.2. The molecular weight excluding hydrogens is 790 g/mol. The largest absolute Gasteiger partial charge is 0.472 e. The first-order valence-electron chi connectivity index (χ1n) is 20.9. The molecule has 0 bridgehead atoms. The Morgan fingerprint density at radius 1 is 0.569 bits per heavy atom. The van der Waals surface area contributed by atoms with Gasteiger partial charge in [-0.15, -0.1) is 0 Å². The molecule has 0 aromatic rings. The smallest absolute Gasteiger partial charge is 0.462 e. The zero-order valence-electron chi connectivity index (χ0n) is 34.9. The van der Waals surface area contributed by atoms with Gasteiger partial charge in [-0.1, -0.05) is 120 Å². The molecule has 0 aromatic carbocycles. The summed E-state index contributed by atoms with van der Waals surface area (Å²) in [6.07, 6.45) is 34.8. The van der Waals surface area contributed by atoms with Crippen LogP contribution >= 0.6 is 15.6 Å². The molecule has 1 unspecified atom stereocenters. The maximum Gasteiger partial charge on any atom is 0.472 e. The van der Waals surface area contributed by atoms with Crippen LogP contribution in [0.15, 0.2) is 60.8 Å². The van der Waals surface area contributed by atoms with Gasteiger partial charge in [-0.05, 0) is 70.3 Å². The monoisotopic (exact) mass is 862 g/mol. The molecular formula is C42H72O14P2. The molecule has 14 nitrogen and oxygen atoms in total. The SMILES string of the molecule is CC/C=C\C/C=C\C/C=C\CCCCCCCC(=O)OC[C@H](COP(=O)(O)OC[C@@H](O)COP(=O)(O)O)OC(=O)CCCCCCC/C=C\C=C\C(=O)CCCCC. The lowest BCUT2D eigenvalue weighted by molar-refractivity contribution is -0.161. The first-order chi connectivity index (χ1) is 27.8. The molecule has 0 heterocycles. The first kappa shape index (κ1) is 55.5. The normalized spacial score (nSPS) is 14.6. The zero-order chi connectivity index (χ0) is 43.2. The Morgan fingerprint density at radius 2 is 1.10 bits per heavy atom. The fraction of sp³-hybridized carbons (Fsp3) is 0.690. The third-order valence-electron chi connectivity index (χ3n) is 8.36. The van der Waals surface area contributed by atoms with Crippen LogP contribution in [0.5, 0.6) is 0 Å². The summed E-state index contributed by atoms with van der Waals surface area (Å²) in [5.74, 6) is -0.975. The van der Waals surface area contributed by atoms with E-state index in [1.54, 1.807) is 12.2 Å². The second kappa shape index (κ2) is 37.5. The van der Waals surface area contributed by atoms with Gasteiger partial charge < -0.3 is 29.3 Å². The average Bonchev–Trinajstić information content (AvgIpc) is 3.17. The van der Waals surface area contributed by atoms with Crippen LogP contribution < -0.4 is 0 Å². The number of carbonyl (C=O) groups excluding carboxylic acids is 3. The number of esters is 2. The zero-order valence-corrected chi connectivity index (χ0v) is 36.7. The lowest BCUT2D eigenvalue weighted by Gasteiger charge is -2.20. The third-order valence-corrected chi connectivity index (χ3v) is 9.79. The van der Waals surface area contributed by atoms with E-state index in [1.165, 1.54) is 0 Å². The number of rotatable bonds is 39. The van der Waals surface area contributed by atoms with Crippen molar-refractivity contribution in [1.82, 2.24) is 0 Å². The summed E-state index contributed by atoms with van der Waals surface area (Å²) in [6.45, 7) is 1.41. The van der Waals surface area contributed by atoms with Crippen molar-refractivity contribution >= 4 is 33.4 Å². The highest BCUT2D eigenvalue weighted by Crippen LogP contribution is 2.43. The Morgan fingerprint density at radius 3 is 1.74 bits per heavy atom. The molecule has 334 valence electrons. The second-order valence-electron chi connectivity index (χ2n) is 13.9. The minimum Gasteiger partial charge on any atom is -0.462 e. The maximum atomic E-state index is 12.6. The minimum atomic E-state index is -4.88. The molecule has 0 radical (unpaired) electrons. The highest BCUT2D eigenvalue weighted by Gasteiger charge is 2.28. The quantitative estimate of drug-likeness (QED) is 0.0113. The fourth-order valence-electron chi connectivity index (χ4n) is 5.17. The van der Waals surface area contributed by atoms with Crippen molar-refractivity contribution in [3.63, 3.8) is 0 Å². The molecule has 0 rings (SSSR count). The van der Waals surface area contributed by atoms with E-state index in [0.717, 1.165) is 103 Å². The molecule has 0 saturated carbocycles. The summed E-state index contributed by atoms with van der Waals surface area (Å²) in [5.41, 5.74) is 0. The number of hydrogen-bond acceptors (Lipinski definition) is 11. The summed E-state index contributed by atoms with van der Waals surface area (Å²) < 4.78 is 47.6. The van der Waals surface area contributed by atoms with Crippen molar-refractivity contribution in [2.75, 3.05) is 26.4 Å². The van der Waals surface area contributed by atoms with E-state index < -0.39 is 66.2 Å². The van der Waals surface area contributed by atoms with Gasteiger partial charge in [-0.3, -0.25) is 28.0 Å². The average molecular weight is 863 g/mol. The van der Waals surface area contributed by atoms with Gasteiger partial charge in [0.15, 0.2) is 11.9 Å².